The van der Waals surface area contributed by atoms with E-state index in [-0.39, 0.29) is 5.82 Å². The predicted octanol–water partition coefficient (Wildman–Crippen LogP) is 3.87. The molecule has 0 saturated heterocycles. The Labute approximate surface area is 105 Å². The second kappa shape index (κ2) is 4.46. The van der Waals surface area contributed by atoms with Crippen molar-refractivity contribution in [1.82, 2.24) is 5.32 Å². The Balaban J connectivity index is 1.94. The molecule has 1 aliphatic carbocycles. The van der Waals surface area contributed by atoms with Crippen LogP contribution in [0.1, 0.15) is 32.3 Å². The fraction of sp³-hybridized carbons (Fsp3) is 0.538. The number of halogens is 2. The van der Waals surface area contributed by atoms with Crippen LogP contribution in [0.5, 0.6) is 0 Å². The largest absolute Gasteiger partial charge is 0.310 e. The van der Waals surface area contributed by atoms with E-state index in [9.17, 15) is 4.39 Å². The molecule has 1 unspecified atom stereocenters. The summed E-state index contributed by atoms with van der Waals surface area (Å²) in [6.45, 7) is 5.24. The number of benzene rings is 1. The van der Waals surface area contributed by atoms with E-state index in [4.69, 9.17) is 0 Å². The third-order valence-corrected chi connectivity index (χ3v) is 4.08. The molecule has 0 aliphatic heterocycles. The molecule has 0 aromatic heterocycles. The van der Waals surface area contributed by atoms with Crippen LogP contribution in [0.2, 0.25) is 0 Å². The van der Waals surface area contributed by atoms with E-state index in [1.165, 1.54) is 18.9 Å². The molecule has 1 nitrogen and oxygen atoms in total. The Hall–Kier alpha value is -0.410. The number of hydrogen-bond donors (Lipinski definition) is 1. The molecule has 1 aromatic rings. The van der Waals surface area contributed by atoms with E-state index >= 15 is 0 Å². The molecule has 1 atom stereocenters. The second-order valence-electron chi connectivity index (χ2n) is 5.03. The first kappa shape index (κ1) is 12.1. The van der Waals surface area contributed by atoms with Crippen molar-refractivity contribution in [2.24, 2.45) is 5.41 Å². The van der Waals surface area contributed by atoms with Gasteiger partial charge in [0.1, 0.15) is 5.82 Å². The predicted molar refractivity (Wildman–Crippen MR) is 67.7 cm³/mol. The summed E-state index contributed by atoms with van der Waals surface area (Å²) in [5, 5.41) is 3.47. The van der Waals surface area contributed by atoms with Gasteiger partial charge in [-0.15, -0.1) is 0 Å². The molecule has 1 N–H and O–H groups in total. The number of nitrogens with one attached hydrogen (secondary N) is 1. The lowest BCUT2D eigenvalue weighted by Gasteiger charge is -2.20. The maximum Gasteiger partial charge on any atom is 0.124 e. The minimum atomic E-state index is -0.184. The van der Waals surface area contributed by atoms with Crippen molar-refractivity contribution in [1.29, 1.82) is 0 Å². The third kappa shape index (κ3) is 2.83. The minimum Gasteiger partial charge on any atom is -0.310 e. The quantitative estimate of drug-likeness (QED) is 0.886. The zero-order chi connectivity index (χ0) is 11.8. The van der Waals surface area contributed by atoms with Gasteiger partial charge in [-0.25, -0.2) is 4.39 Å². The topological polar surface area (TPSA) is 12.0 Å². The van der Waals surface area contributed by atoms with Crippen molar-refractivity contribution >= 4 is 15.9 Å². The summed E-state index contributed by atoms with van der Waals surface area (Å²) in [7, 11) is 0. The summed E-state index contributed by atoms with van der Waals surface area (Å²) < 4.78 is 13.9. The van der Waals surface area contributed by atoms with Crippen LogP contribution >= 0.6 is 15.9 Å². The third-order valence-electron chi connectivity index (χ3n) is 3.62. The van der Waals surface area contributed by atoms with Gasteiger partial charge in [0, 0.05) is 17.1 Å². The fourth-order valence-corrected chi connectivity index (χ4v) is 2.37. The van der Waals surface area contributed by atoms with Gasteiger partial charge in [-0.05, 0) is 48.9 Å². The van der Waals surface area contributed by atoms with Crippen molar-refractivity contribution in [3.63, 3.8) is 0 Å². The Morgan fingerprint density at radius 3 is 2.69 bits per heavy atom. The van der Waals surface area contributed by atoms with Crippen LogP contribution in [0, 0.1) is 11.2 Å². The van der Waals surface area contributed by atoms with Gasteiger partial charge in [0.05, 0.1) is 0 Å². The van der Waals surface area contributed by atoms with E-state index < -0.39 is 0 Å². The Kier molecular flexibility index (Phi) is 3.36. The van der Waals surface area contributed by atoms with Crippen LogP contribution in [-0.4, -0.2) is 6.04 Å². The molecule has 0 bridgehead atoms. The van der Waals surface area contributed by atoms with Crippen molar-refractivity contribution in [3.05, 3.63) is 34.1 Å². The summed E-state index contributed by atoms with van der Waals surface area (Å²) in [6.07, 6.45) is 2.60. The SMILES string of the molecule is CC(NCc1cc(F)cc(Br)c1)C1(C)CC1. The van der Waals surface area contributed by atoms with E-state index in [1.54, 1.807) is 6.07 Å². The van der Waals surface area contributed by atoms with Crippen molar-refractivity contribution in [3.8, 4) is 0 Å². The molecule has 16 heavy (non-hydrogen) atoms. The Morgan fingerprint density at radius 2 is 2.12 bits per heavy atom. The number of rotatable bonds is 4. The standard InChI is InChI=1S/C13H17BrFN/c1-9(13(2)3-4-13)16-8-10-5-11(14)7-12(15)6-10/h5-7,9,16H,3-4,8H2,1-2H3. The summed E-state index contributed by atoms with van der Waals surface area (Å²) in [5.41, 5.74) is 1.45. The van der Waals surface area contributed by atoms with Gasteiger partial charge in [-0.3, -0.25) is 0 Å². The smallest absolute Gasteiger partial charge is 0.124 e. The maximum atomic E-state index is 13.1. The summed E-state index contributed by atoms with van der Waals surface area (Å²) >= 11 is 3.30. The molecular weight excluding hydrogens is 269 g/mol. The number of hydrogen-bond acceptors (Lipinski definition) is 1. The van der Waals surface area contributed by atoms with Crippen LogP contribution in [0.4, 0.5) is 4.39 Å². The summed E-state index contributed by atoms with van der Waals surface area (Å²) in [6, 6.07) is 5.52. The van der Waals surface area contributed by atoms with Crippen molar-refractivity contribution < 1.29 is 4.39 Å². The normalized spacial score (nSPS) is 19.5. The van der Waals surface area contributed by atoms with Gasteiger partial charge >= 0.3 is 0 Å². The van der Waals surface area contributed by atoms with Crippen LogP contribution < -0.4 is 5.32 Å². The van der Waals surface area contributed by atoms with Gasteiger partial charge in [0.15, 0.2) is 0 Å². The Morgan fingerprint density at radius 1 is 1.44 bits per heavy atom. The highest BCUT2D eigenvalue weighted by Crippen LogP contribution is 2.47. The van der Waals surface area contributed by atoms with E-state index in [1.807, 2.05) is 6.07 Å². The molecule has 0 radical (unpaired) electrons. The average Bonchev–Trinajstić information content (AvgIpc) is 2.93. The van der Waals surface area contributed by atoms with Crippen LogP contribution in [0.25, 0.3) is 0 Å². The van der Waals surface area contributed by atoms with E-state index in [0.717, 1.165) is 16.6 Å². The monoisotopic (exact) mass is 285 g/mol. The molecule has 1 fully saturated rings. The lowest BCUT2D eigenvalue weighted by atomic mass is 10.0. The van der Waals surface area contributed by atoms with Crippen LogP contribution in [0.15, 0.2) is 22.7 Å². The van der Waals surface area contributed by atoms with Crippen molar-refractivity contribution in [2.45, 2.75) is 39.3 Å². The second-order valence-corrected chi connectivity index (χ2v) is 5.95. The molecular formula is C13H17BrFN. The van der Waals surface area contributed by atoms with Gasteiger partial charge in [-0.2, -0.15) is 0 Å². The first-order valence-electron chi connectivity index (χ1n) is 5.68. The first-order chi connectivity index (χ1) is 7.49. The zero-order valence-electron chi connectivity index (χ0n) is 9.69. The average molecular weight is 286 g/mol. The van der Waals surface area contributed by atoms with E-state index in [0.29, 0.717) is 11.5 Å². The first-order valence-corrected chi connectivity index (χ1v) is 6.47. The maximum absolute atomic E-state index is 13.1. The molecule has 1 aliphatic rings. The lowest BCUT2D eigenvalue weighted by molar-refractivity contribution is 0.379. The molecule has 0 amide bonds. The lowest BCUT2D eigenvalue weighted by Crippen LogP contribution is -2.32. The zero-order valence-corrected chi connectivity index (χ0v) is 11.3. The molecule has 88 valence electrons. The molecule has 1 saturated carbocycles. The highest BCUT2D eigenvalue weighted by molar-refractivity contribution is 9.10. The van der Waals surface area contributed by atoms with Crippen LogP contribution in [-0.2, 0) is 6.54 Å². The summed E-state index contributed by atoms with van der Waals surface area (Å²) in [4.78, 5) is 0. The molecule has 1 aromatic carbocycles. The molecule has 2 rings (SSSR count). The Bertz CT molecular complexity index is 367. The summed E-state index contributed by atoms with van der Waals surface area (Å²) in [5.74, 6) is -0.184. The van der Waals surface area contributed by atoms with Crippen molar-refractivity contribution in [2.75, 3.05) is 0 Å². The van der Waals surface area contributed by atoms with Gasteiger partial charge in [-0.1, -0.05) is 22.9 Å². The highest BCUT2D eigenvalue weighted by Gasteiger charge is 2.42. The highest BCUT2D eigenvalue weighted by atomic mass is 79.9. The van der Waals surface area contributed by atoms with Gasteiger partial charge in [0.2, 0.25) is 0 Å². The van der Waals surface area contributed by atoms with E-state index in [2.05, 4.69) is 35.1 Å². The van der Waals surface area contributed by atoms with Gasteiger partial charge in [0.25, 0.3) is 0 Å². The van der Waals surface area contributed by atoms with Gasteiger partial charge < -0.3 is 5.32 Å². The molecule has 0 heterocycles. The fourth-order valence-electron chi connectivity index (χ4n) is 1.86. The van der Waals surface area contributed by atoms with Crippen LogP contribution in [0.3, 0.4) is 0 Å². The molecule has 0 spiro atoms. The minimum absolute atomic E-state index is 0.184. The molecule has 3 heteroatoms.